The lowest BCUT2D eigenvalue weighted by Gasteiger charge is -2.36. The van der Waals surface area contributed by atoms with Crippen LogP contribution in [0.25, 0.3) is 11.4 Å². The van der Waals surface area contributed by atoms with Gasteiger partial charge in [-0.2, -0.15) is 0 Å². The van der Waals surface area contributed by atoms with Gasteiger partial charge in [-0.05, 0) is 32.7 Å². The Morgan fingerprint density at radius 2 is 1.79 bits per heavy atom. The van der Waals surface area contributed by atoms with Crippen molar-refractivity contribution in [3.05, 3.63) is 42.1 Å². The van der Waals surface area contributed by atoms with E-state index in [4.69, 9.17) is 9.97 Å². The topological polar surface area (TPSA) is 52.6 Å². The predicted molar refractivity (Wildman–Crippen MR) is 116 cm³/mol. The summed E-state index contributed by atoms with van der Waals surface area (Å²) in [7, 11) is 2.10. The maximum absolute atomic E-state index is 13.3. The van der Waals surface area contributed by atoms with Crippen molar-refractivity contribution in [3.8, 4) is 11.4 Å². The molecule has 6 nitrogen and oxygen atoms in total. The monoisotopic (exact) mass is 393 g/mol. The predicted octanol–water partition coefficient (Wildman–Crippen LogP) is 3.30. The third kappa shape index (κ3) is 4.42. The first-order chi connectivity index (χ1) is 14.2. The number of carbonyl (C=O) groups excluding carboxylic acids is 1. The van der Waals surface area contributed by atoms with E-state index in [1.54, 1.807) is 0 Å². The number of likely N-dealkylation sites (N-methyl/N-ethyl adjacent to an activating group) is 1. The molecule has 1 aromatic heterocycles. The number of anilines is 1. The van der Waals surface area contributed by atoms with Gasteiger partial charge in [0.1, 0.15) is 11.5 Å². The number of benzene rings is 1. The van der Waals surface area contributed by atoms with Crippen LogP contribution < -0.4 is 4.90 Å². The van der Waals surface area contributed by atoms with Crippen LogP contribution in [0.3, 0.4) is 0 Å². The number of hydrogen-bond donors (Lipinski definition) is 0. The summed E-state index contributed by atoms with van der Waals surface area (Å²) in [5.41, 5.74) is 1.46. The normalized spacial score (nSPS) is 20.7. The van der Waals surface area contributed by atoms with E-state index in [0.717, 1.165) is 50.5 Å². The van der Waals surface area contributed by atoms with Crippen molar-refractivity contribution in [2.75, 3.05) is 44.7 Å². The van der Waals surface area contributed by atoms with Crippen LogP contribution in [0.5, 0.6) is 0 Å². The molecule has 2 saturated heterocycles. The van der Waals surface area contributed by atoms with Crippen molar-refractivity contribution in [3.63, 3.8) is 0 Å². The maximum atomic E-state index is 13.3. The highest BCUT2D eigenvalue weighted by Gasteiger charge is 2.27. The molecule has 6 heteroatoms. The van der Waals surface area contributed by atoms with E-state index in [1.807, 2.05) is 41.3 Å². The van der Waals surface area contributed by atoms with Gasteiger partial charge in [0, 0.05) is 50.4 Å². The summed E-state index contributed by atoms with van der Waals surface area (Å²) < 4.78 is 0. The average Bonchev–Trinajstić information content (AvgIpc) is 2.79. The number of hydrogen-bond acceptors (Lipinski definition) is 5. The Kier molecular flexibility index (Phi) is 6.09. The van der Waals surface area contributed by atoms with Crippen LogP contribution in [-0.2, 0) is 0 Å². The minimum atomic E-state index is 0.0176. The summed E-state index contributed by atoms with van der Waals surface area (Å²) in [6, 6.07) is 12.4. The van der Waals surface area contributed by atoms with Crippen molar-refractivity contribution in [2.45, 2.75) is 38.6 Å². The van der Waals surface area contributed by atoms with Crippen molar-refractivity contribution in [1.82, 2.24) is 19.8 Å². The largest absolute Gasteiger partial charge is 0.354 e. The molecule has 2 aliphatic heterocycles. The molecule has 3 heterocycles. The second-order valence-corrected chi connectivity index (χ2v) is 8.15. The third-order valence-electron chi connectivity index (χ3n) is 6.15. The second-order valence-electron chi connectivity index (χ2n) is 8.15. The summed E-state index contributed by atoms with van der Waals surface area (Å²) in [4.78, 5) is 29.4. The van der Waals surface area contributed by atoms with Gasteiger partial charge in [-0.3, -0.25) is 4.79 Å². The number of amides is 1. The summed E-state index contributed by atoms with van der Waals surface area (Å²) in [5, 5.41) is 0. The van der Waals surface area contributed by atoms with E-state index in [-0.39, 0.29) is 5.91 Å². The Hall–Kier alpha value is -2.47. The van der Waals surface area contributed by atoms with Crippen LogP contribution >= 0.6 is 0 Å². The highest BCUT2D eigenvalue weighted by molar-refractivity contribution is 5.93. The molecule has 29 heavy (non-hydrogen) atoms. The molecular weight excluding hydrogens is 362 g/mol. The Morgan fingerprint density at radius 3 is 2.52 bits per heavy atom. The molecule has 1 aromatic carbocycles. The molecule has 0 saturated carbocycles. The van der Waals surface area contributed by atoms with Gasteiger partial charge in [-0.1, -0.05) is 37.3 Å². The zero-order chi connectivity index (χ0) is 20.2. The summed E-state index contributed by atoms with van der Waals surface area (Å²) in [5.74, 6) is 1.55. The van der Waals surface area contributed by atoms with Crippen molar-refractivity contribution in [1.29, 1.82) is 0 Å². The second kappa shape index (κ2) is 8.91. The van der Waals surface area contributed by atoms with Gasteiger partial charge in [-0.25, -0.2) is 9.97 Å². The summed E-state index contributed by atoms with van der Waals surface area (Å²) in [6.45, 7) is 6.52. The minimum absolute atomic E-state index is 0.0176. The standard InChI is InChI=1S/C23H31N5O/c1-3-19-11-7-8-12-28(19)21-17-20(23(29)27-15-13-26(2)14-16-27)24-22(25-21)18-9-5-4-6-10-18/h4-6,9-10,17,19H,3,7-8,11-16H2,1-2H3. The fourth-order valence-electron chi connectivity index (χ4n) is 4.31. The zero-order valence-corrected chi connectivity index (χ0v) is 17.5. The van der Waals surface area contributed by atoms with E-state index in [0.29, 0.717) is 17.6 Å². The van der Waals surface area contributed by atoms with Crippen LogP contribution in [0.1, 0.15) is 43.1 Å². The van der Waals surface area contributed by atoms with Gasteiger partial charge in [0.05, 0.1) is 0 Å². The first-order valence-corrected chi connectivity index (χ1v) is 10.8. The van der Waals surface area contributed by atoms with Gasteiger partial charge < -0.3 is 14.7 Å². The molecule has 0 radical (unpaired) electrons. The van der Waals surface area contributed by atoms with Crippen molar-refractivity contribution in [2.24, 2.45) is 0 Å². The van der Waals surface area contributed by atoms with E-state index in [9.17, 15) is 4.79 Å². The maximum Gasteiger partial charge on any atom is 0.272 e. The van der Waals surface area contributed by atoms with Gasteiger partial charge >= 0.3 is 0 Å². The highest BCUT2D eigenvalue weighted by Crippen LogP contribution is 2.28. The number of aromatic nitrogens is 2. The van der Waals surface area contributed by atoms with Gasteiger partial charge in [0.15, 0.2) is 5.82 Å². The summed E-state index contributed by atoms with van der Waals surface area (Å²) >= 11 is 0. The Balaban J connectivity index is 1.71. The van der Waals surface area contributed by atoms with Crippen LogP contribution in [0, 0.1) is 0 Å². The molecule has 0 spiro atoms. The molecule has 0 bridgehead atoms. The smallest absolute Gasteiger partial charge is 0.272 e. The van der Waals surface area contributed by atoms with Crippen molar-refractivity contribution < 1.29 is 4.79 Å². The van der Waals surface area contributed by atoms with Crippen LogP contribution in [0.15, 0.2) is 36.4 Å². The lowest BCUT2D eigenvalue weighted by atomic mass is 10.00. The number of piperidine rings is 1. The molecule has 1 unspecified atom stereocenters. The minimum Gasteiger partial charge on any atom is -0.354 e. The molecule has 0 aliphatic carbocycles. The number of nitrogens with zero attached hydrogens (tertiary/aromatic N) is 5. The van der Waals surface area contributed by atoms with E-state index in [1.165, 1.54) is 19.3 Å². The fourth-order valence-corrected chi connectivity index (χ4v) is 4.31. The molecule has 2 aliphatic rings. The van der Waals surface area contributed by atoms with Gasteiger partial charge in [0.2, 0.25) is 0 Å². The first-order valence-electron chi connectivity index (χ1n) is 10.8. The SMILES string of the molecule is CCC1CCCCN1c1cc(C(=O)N2CCN(C)CC2)nc(-c2ccccc2)n1. The molecule has 154 valence electrons. The van der Waals surface area contributed by atoms with Crippen LogP contribution in [-0.4, -0.2) is 71.5 Å². The van der Waals surface area contributed by atoms with Gasteiger partial charge in [0.25, 0.3) is 5.91 Å². The molecule has 1 atom stereocenters. The highest BCUT2D eigenvalue weighted by atomic mass is 16.2. The number of rotatable bonds is 4. The molecule has 0 N–H and O–H groups in total. The average molecular weight is 394 g/mol. The van der Waals surface area contributed by atoms with E-state index in [2.05, 4.69) is 23.8 Å². The molecule has 2 aromatic rings. The molecule has 2 fully saturated rings. The number of piperazine rings is 1. The van der Waals surface area contributed by atoms with E-state index < -0.39 is 0 Å². The number of carbonyl (C=O) groups is 1. The first kappa shape index (κ1) is 19.8. The van der Waals surface area contributed by atoms with E-state index >= 15 is 0 Å². The quantitative estimate of drug-likeness (QED) is 0.798. The molecule has 1 amide bonds. The van der Waals surface area contributed by atoms with Gasteiger partial charge in [-0.15, -0.1) is 0 Å². The lowest BCUT2D eigenvalue weighted by Crippen LogP contribution is -2.47. The Morgan fingerprint density at radius 1 is 1.03 bits per heavy atom. The lowest BCUT2D eigenvalue weighted by molar-refractivity contribution is 0.0658. The van der Waals surface area contributed by atoms with Crippen LogP contribution in [0.2, 0.25) is 0 Å². The van der Waals surface area contributed by atoms with Crippen LogP contribution in [0.4, 0.5) is 5.82 Å². The molecular formula is C23H31N5O. The fraction of sp³-hybridized carbons (Fsp3) is 0.522. The Bertz CT molecular complexity index is 832. The van der Waals surface area contributed by atoms with Crippen molar-refractivity contribution >= 4 is 11.7 Å². The summed E-state index contributed by atoms with van der Waals surface area (Å²) in [6.07, 6.45) is 4.71. The molecule has 4 rings (SSSR count). The Labute approximate surface area is 173 Å². The zero-order valence-electron chi connectivity index (χ0n) is 17.5. The third-order valence-corrected chi connectivity index (χ3v) is 6.15.